The van der Waals surface area contributed by atoms with Crippen molar-refractivity contribution >= 4 is 5.97 Å². The molecule has 0 aliphatic rings. The first-order valence-electron chi connectivity index (χ1n) is 8.95. The molecule has 0 N–H and O–H groups in total. The Morgan fingerprint density at radius 2 is 1.81 bits per heavy atom. The molecule has 3 rings (SSSR count). The average Bonchev–Trinajstić information content (AvgIpc) is 3.10. The largest absolute Gasteiger partial charge is 0.461 e. The summed E-state index contributed by atoms with van der Waals surface area (Å²) in [6.45, 7) is 4.14. The van der Waals surface area contributed by atoms with Crippen molar-refractivity contribution in [3.8, 4) is 34.6 Å². The fraction of sp³-hybridized carbons (Fsp3) is 0.217. The van der Waals surface area contributed by atoms with Gasteiger partial charge in [0.25, 0.3) is 0 Å². The number of nitrogens with zero attached hydrogens (tertiary/aromatic N) is 1. The molecular formula is C23H21NO3. The molecule has 0 aliphatic carbocycles. The van der Waals surface area contributed by atoms with Crippen LogP contribution in [-0.2, 0) is 4.74 Å². The molecule has 0 aliphatic heterocycles. The summed E-state index contributed by atoms with van der Waals surface area (Å²) in [7, 11) is 0. The maximum absolute atomic E-state index is 12.5. The Labute approximate surface area is 159 Å². The van der Waals surface area contributed by atoms with Crippen molar-refractivity contribution in [3.63, 3.8) is 0 Å². The van der Waals surface area contributed by atoms with Crippen LogP contribution in [0.2, 0.25) is 0 Å². The van der Waals surface area contributed by atoms with Gasteiger partial charge in [-0.1, -0.05) is 55.3 Å². The summed E-state index contributed by atoms with van der Waals surface area (Å²) in [4.78, 5) is 17.0. The van der Waals surface area contributed by atoms with Crippen molar-refractivity contribution in [1.82, 2.24) is 4.98 Å². The van der Waals surface area contributed by atoms with Crippen molar-refractivity contribution in [1.29, 1.82) is 0 Å². The van der Waals surface area contributed by atoms with Crippen molar-refractivity contribution in [2.24, 2.45) is 0 Å². The molecule has 1 aromatic heterocycles. The van der Waals surface area contributed by atoms with Gasteiger partial charge in [0.1, 0.15) is 6.61 Å². The van der Waals surface area contributed by atoms with E-state index in [1.165, 1.54) is 0 Å². The topological polar surface area (TPSA) is 52.3 Å². The first kappa shape index (κ1) is 18.5. The van der Waals surface area contributed by atoms with E-state index in [2.05, 4.69) is 16.8 Å². The minimum absolute atomic E-state index is 0.264. The van der Waals surface area contributed by atoms with Crippen LogP contribution in [0.5, 0.6) is 0 Å². The van der Waals surface area contributed by atoms with Crippen LogP contribution < -0.4 is 0 Å². The molecule has 4 nitrogen and oxygen atoms in total. The Morgan fingerprint density at radius 3 is 2.59 bits per heavy atom. The highest BCUT2D eigenvalue weighted by molar-refractivity contribution is 5.96. The molecule has 0 atom stereocenters. The molecule has 0 unspecified atom stereocenters. The summed E-state index contributed by atoms with van der Waals surface area (Å²) in [6, 6.07) is 17.0. The monoisotopic (exact) mass is 359 g/mol. The summed E-state index contributed by atoms with van der Waals surface area (Å²) < 4.78 is 11.3. The number of rotatable bonds is 5. The lowest BCUT2D eigenvalue weighted by Crippen LogP contribution is -2.07. The molecule has 1 heterocycles. The van der Waals surface area contributed by atoms with Crippen molar-refractivity contribution in [2.75, 3.05) is 6.61 Å². The van der Waals surface area contributed by atoms with E-state index in [1.54, 1.807) is 12.1 Å². The van der Waals surface area contributed by atoms with E-state index in [0.29, 0.717) is 29.2 Å². The molecule has 0 saturated carbocycles. The second kappa shape index (κ2) is 8.86. The fourth-order valence-electron chi connectivity index (χ4n) is 2.70. The molecule has 4 heteroatoms. The molecule has 3 aromatic rings. The van der Waals surface area contributed by atoms with Crippen molar-refractivity contribution in [3.05, 3.63) is 65.9 Å². The van der Waals surface area contributed by atoms with E-state index in [4.69, 9.17) is 9.15 Å². The smallest absolute Gasteiger partial charge is 0.338 e. The van der Waals surface area contributed by atoms with Crippen molar-refractivity contribution in [2.45, 2.75) is 26.7 Å². The molecule has 136 valence electrons. The third-order valence-electron chi connectivity index (χ3n) is 3.97. The standard InChI is InChI=1S/C23H21NO3/c1-3-4-5-11-16-26-23(25)20-15-10-9-14-19(20)22-24-17(2)21(27-22)18-12-7-6-8-13-18/h6-10,12-15H,3,11,16H2,1-2H3. The van der Waals surface area contributed by atoms with E-state index < -0.39 is 5.97 Å². The first-order valence-corrected chi connectivity index (χ1v) is 8.95. The van der Waals surface area contributed by atoms with Gasteiger partial charge in [0, 0.05) is 18.4 Å². The summed E-state index contributed by atoms with van der Waals surface area (Å²) >= 11 is 0. The molecule has 2 aromatic carbocycles. The Hall–Kier alpha value is -3.32. The zero-order chi connectivity index (χ0) is 19.1. The molecular weight excluding hydrogens is 338 g/mol. The maximum atomic E-state index is 12.5. The number of carbonyl (C=O) groups excluding carboxylic acids is 1. The third kappa shape index (κ3) is 4.45. The molecule has 0 radical (unpaired) electrons. The number of hydrogen-bond acceptors (Lipinski definition) is 4. The minimum Gasteiger partial charge on any atom is -0.461 e. The van der Waals surface area contributed by atoms with Gasteiger partial charge in [0.2, 0.25) is 5.89 Å². The van der Waals surface area contributed by atoms with Gasteiger partial charge in [-0.3, -0.25) is 0 Å². The zero-order valence-electron chi connectivity index (χ0n) is 15.5. The van der Waals surface area contributed by atoms with Crippen molar-refractivity contribution < 1.29 is 13.9 Å². The average molecular weight is 359 g/mol. The molecule has 0 bridgehead atoms. The van der Waals surface area contributed by atoms with Gasteiger partial charge in [0.05, 0.1) is 16.8 Å². The lowest BCUT2D eigenvalue weighted by Gasteiger charge is -2.06. The number of hydrogen-bond donors (Lipinski definition) is 0. The van der Waals surface area contributed by atoms with E-state index in [9.17, 15) is 4.79 Å². The quantitative estimate of drug-likeness (QED) is 0.353. The molecule has 0 fully saturated rings. The minimum atomic E-state index is -0.402. The van der Waals surface area contributed by atoms with Gasteiger partial charge in [-0.25, -0.2) is 9.78 Å². The predicted octanol–water partition coefficient (Wildman–Crippen LogP) is 5.28. The number of aromatic nitrogens is 1. The van der Waals surface area contributed by atoms with Crippen LogP contribution >= 0.6 is 0 Å². The molecule has 27 heavy (non-hydrogen) atoms. The highest BCUT2D eigenvalue weighted by Crippen LogP contribution is 2.31. The Balaban J connectivity index is 1.85. The van der Waals surface area contributed by atoms with E-state index in [-0.39, 0.29) is 6.61 Å². The Kier molecular flexibility index (Phi) is 6.06. The van der Waals surface area contributed by atoms with Crippen LogP contribution in [0.25, 0.3) is 22.8 Å². The number of benzene rings is 2. The number of esters is 1. The van der Waals surface area contributed by atoms with Crippen LogP contribution in [0.1, 0.15) is 35.8 Å². The highest BCUT2D eigenvalue weighted by Gasteiger charge is 2.19. The van der Waals surface area contributed by atoms with E-state index in [1.807, 2.05) is 56.3 Å². The number of ether oxygens (including phenoxy) is 1. The molecule has 0 spiro atoms. The SMILES string of the molecule is CCC#CCCOC(=O)c1ccccc1-c1nc(C)c(-c2ccccc2)o1. The number of carbonyl (C=O) groups is 1. The second-order valence-electron chi connectivity index (χ2n) is 5.94. The van der Waals surface area contributed by atoms with Gasteiger partial charge in [-0.05, 0) is 19.1 Å². The van der Waals surface area contributed by atoms with E-state index >= 15 is 0 Å². The van der Waals surface area contributed by atoms with Gasteiger partial charge >= 0.3 is 5.97 Å². The first-order chi connectivity index (χ1) is 13.2. The van der Waals surface area contributed by atoms with Crippen LogP contribution in [0, 0.1) is 18.8 Å². The van der Waals surface area contributed by atoms with E-state index in [0.717, 1.165) is 17.7 Å². The van der Waals surface area contributed by atoms with Crippen LogP contribution in [0.15, 0.2) is 59.0 Å². The third-order valence-corrected chi connectivity index (χ3v) is 3.97. The van der Waals surface area contributed by atoms with Crippen LogP contribution in [0.3, 0.4) is 0 Å². The van der Waals surface area contributed by atoms with Crippen LogP contribution in [-0.4, -0.2) is 17.6 Å². The van der Waals surface area contributed by atoms with Gasteiger partial charge in [-0.15, -0.1) is 5.92 Å². The second-order valence-corrected chi connectivity index (χ2v) is 5.94. The van der Waals surface area contributed by atoms with Gasteiger partial charge in [0.15, 0.2) is 5.76 Å². The summed E-state index contributed by atoms with van der Waals surface area (Å²) in [5.74, 6) is 6.62. The maximum Gasteiger partial charge on any atom is 0.338 e. The number of aryl methyl sites for hydroxylation is 1. The lowest BCUT2D eigenvalue weighted by atomic mass is 10.1. The Morgan fingerprint density at radius 1 is 1.07 bits per heavy atom. The van der Waals surface area contributed by atoms with Gasteiger partial charge in [-0.2, -0.15) is 0 Å². The zero-order valence-corrected chi connectivity index (χ0v) is 15.5. The summed E-state index contributed by atoms with van der Waals surface area (Å²) in [6.07, 6.45) is 1.32. The summed E-state index contributed by atoms with van der Waals surface area (Å²) in [5.41, 5.74) is 2.77. The molecule has 0 amide bonds. The van der Waals surface area contributed by atoms with Gasteiger partial charge < -0.3 is 9.15 Å². The number of oxazole rings is 1. The molecule has 0 saturated heterocycles. The Bertz CT molecular complexity index is 978. The van der Waals surface area contributed by atoms with Crippen LogP contribution in [0.4, 0.5) is 0 Å². The normalized spacial score (nSPS) is 10.1. The predicted molar refractivity (Wildman–Crippen MR) is 105 cm³/mol. The summed E-state index contributed by atoms with van der Waals surface area (Å²) in [5, 5.41) is 0. The lowest BCUT2D eigenvalue weighted by molar-refractivity contribution is 0.0514. The highest BCUT2D eigenvalue weighted by atomic mass is 16.5. The fourth-order valence-corrected chi connectivity index (χ4v) is 2.70.